The normalized spacial score (nSPS) is 11.7. The Morgan fingerprint density at radius 3 is 2.50 bits per heavy atom. The largest absolute Gasteiger partial charge is 0.366 e. The summed E-state index contributed by atoms with van der Waals surface area (Å²) in [7, 11) is -3.80. The molecule has 1 radical (unpaired) electrons. The number of carbonyl (C=O) groups excluding carboxylic acids is 1. The molecule has 0 saturated carbocycles. The number of rotatable bonds is 3. The third-order valence-corrected chi connectivity index (χ3v) is 5.15. The Kier molecular flexibility index (Phi) is 3.26. The van der Waals surface area contributed by atoms with Gasteiger partial charge >= 0.3 is 0 Å². The fraction of sp³-hybridized carbons (Fsp3) is 0.0625. The number of hydrogen-bond donors (Lipinski definition) is 1. The minimum atomic E-state index is -3.80. The summed E-state index contributed by atoms with van der Waals surface area (Å²) in [6, 6.07) is 14.1. The summed E-state index contributed by atoms with van der Waals surface area (Å²) in [4.78, 5) is 11.7. The van der Waals surface area contributed by atoms with Crippen molar-refractivity contribution in [2.75, 3.05) is 0 Å². The molecule has 111 valence electrons. The summed E-state index contributed by atoms with van der Waals surface area (Å²) >= 11 is 0. The second-order valence-electron chi connectivity index (χ2n) is 4.96. The highest BCUT2D eigenvalue weighted by molar-refractivity contribution is 7.90. The number of carbonyl (C=O) groups is 1. The van der Waals surface area contributed by atoms with Gasteiger partial charge in [0.05, 0.1) is 16.0 Å². The second-order valence-corrected chi connectivity index (χ2v) is 6.78. The summed E-state index contributed by atoms with van der Waals surface area (Å²) in [6.45, 7) is 1.88. The monoisotopic (exact) mass is 313 g/mol. The molecule has 2 aromatic carbocycles. The van der Waals surface area contributed by atoms with Crippen LogP contribution in [0.25, 0.3) is 10.9 Å². The molecular formula is C16H13N2O3S. The van der Waals surface area contributed by atoms with E-state index >= 15 is 0 Å². The van der Waals surface area contributed by atoms with Crippen LogP contribution in [0.2, 0.25) is 0 Å². The van der Waals surface area contributed by atoms with Crippen molar-refractivity contribution >= 4 is 26.8 Å². The van der Waals surface area contributed by atoms with Crippen molar-refractivity contribution in [3.05, 3.63) is 65.9 Å². The summed E-state index contributed by atoms with van der Waals surface area (Å²) < 4.78 is 26.7. The molecule has 0 aliphatic rings. The van der Waals surface area contributed by atoms with Gasteiger partial charge in [0, 0.05) is 11.6 Å². The molecule has 0 spiro atoms. The predicted octanol–water partition coefficient (Wildman–Crippen LogP) is 2.09. The average molecular weight is 313 g/mol. The molecule has 3 aromatic rings. The molecule has 2 N–H and O–H groups in total. The Morgan fingerprint density at radius 2 is 1.86 bits per heavy atom. The molecule has 1 heterocycles. The van der Waals surface area contributed by atoms with Crippen molar-refractivity contribution in [3.8, 4) is 0 Å². The van der Waals surface area contributed by atoms with E-state index in [9.17, 15) is 13.2 Å². The van der Waals surface area contributed by atoms with Crippen LogP contribution in [-0.4, -0.2) is 18.3 Å². The molecule has 5 nitrogen and oxygen atoms in total. The van der Waals surface area contributed by atoms with E-state index in [1.807, 2.05) is 6.92 Å². The van der Waals surface area contributed by atoms with Crippen LogP contribution in [0.4, 0.5) is 0 Å². The Morgan fingerprint density at radius 1 is 1.18 bits per heavy atom. The lowest BCUT2D eigenvalue weighted by molar-refractivity contribution is 0.100. The van der Waals surface area contributed by atoms with Gasteiger partial charge in [-0.2, -0.15) is 0 Å². The number of aryl methyl sites for hydroxylation is 1. The summed E-state index contributed by atoms with van der Waals surface area (Å²) in [5, 5.41) is 0.464. The maximum Gasteiger partial charge on any atom is 0.268 e. The maximum absolute atomic E-state index is 12.8. The van der Waals surface area contributed by atoms with Gasteiger partial charge in [0.25, 0.3) is 15.9 Å². The average Bonchev–Trinajstić information content (AvgIpc) is 2.88. The summed E-state index contributed by atoms with van der Waals surface area (Å²) in [5.74, 6) is -0.678. The minimum absolute atomic E-state index is 0.152. The van der Waals surface area contributed by atoms with Gasteiger partial charge in [0.2, 0.25) is 0 Å². The fourth-order valence-corrected chi connectivity index (χ4v) is 3.67. The fourth-order valence-electron chi connectivity index (χ4n) is 2.31. The molecule has 0 aliphatic heterocycles. The van der Waals surface area contributed by atoms with Crippen molar-refractivity contribution in [2.45, 2.75) is 11.8 Å². The quantitative estimate of drug-likeness (QED) is 0.803. The first-order valence-corrected chi connectivity index (χ1v) is 7.98. The van der Waals surface area contributed by atoms with Crippen LogP contribution >= 0.6 is 0 Å². The van der Waals surface area contributed by atoms with E-state index in [2.05, 4.69) is 6.07 Å². The molecule has 0 unspecified atom stereocenters. The Hall–Kier alpha value is -2.60. The van der Waals surface area contributed by atoms with Gasteiger partial charge < -0.3 is 5.73 Å². The molecule has 0 atom stereocenters. The zero-order valence-electron chi connectivity index (χ0n) is 11.8. The SMILES string of the molecule is Cc1ccc(S(=O)(=O)n2cc(C(N)=O)c3c[c]ccc32)cc1. The zero-order valence-corrected chi connectivity index (χ0v) is 12.6. The van der Waals surface area contributed by atoms with E-state index in [-0.39, 0.29) is 10.5 Å². The standard InChI is InChI=1S/C16H13N2O3S/c1-11-6-8-12(9-7-11)22(20,21)18-10-14(16(17)19)13-4-2-3-5-15(13)18/h3-10H,1H3,(H2,17,19). The van der Waals surface area contributed by atoms with E-state index in [0.29, 0.717) is 10.9 Å². The van der Waals surface area contributed by atoms with Crippen molar-refractivity contribution in [2.24, 2.45) is 5.73 Å². The number of aromatic nitrogens is 1. The van der Waals surface area contributed by atoms with E-state index in [0.717, 1.165) is 9.54 Å². The van der Waals surface area contributed by atoms with Gasteiger partial charge in [-0.05, 0) is 37.3 Å². The van der Waals surface area contributed by atoms with Gasteiger partial charge in [0.15, 0.2) is 0 Å². The molecule has 1 aromatic heterocycles. The van der Waals surface area contributed by atoms with Crippen LogP contribution in [-0.2, 0) is 10.0 Å². The molecule has 0 bridgehead atoms. The van der Waals surface area contributed by atoms with E-state index < -0.39 is 15.9 Å². The number of fused-ring (bicyclic) bond motifs is 1. The maximum atomic E-state index is 12.8. The molecular weight excluding hydrogens is 300 g/mol. The van der Waals surface area contributed by atoms with E-state index in [4.69, 9.17) is 5.73 Å². The highest BCUT2D eigenvalue weighted by atomic mass is 32.2. The number of benzene rings is 2. The van der Waals surface area contributed by atoms with E-state index in [1.165, 1.54) is 18.3 Å². The number of hydrogen-bond acceptors (Lipinski definition) is 3. The first-order valence-electron chi connectivity index (χ1n) is 6.54. The van der Waals surface area contributed by atoms with Gasteiger partial charge in [-0.3, -0.25) is 4.79 Å². The summed E-state index contributed by atoms with van der Waals surface area (Å²) in [5.41, 5.74) is 6.85. The third kappa shape index (κ3) is 2.17. The Balaban J connectivity index is 2.30. The predicted molar refractivity (Wildman–Crippen MR) is 83.1 cm³/mol. The lowest BCUT2D eigenvalue weighted by Crippen LogP contribution is -2.13. The lowest BCUT2D eigenvalue weighted by Gasteiger charge is -2.07. The van der Waals surface area contributed by atoms with Crippen LogP contribution in [0.5, 0.6) is 0 Å². The first kappa shape index (κ1) is 14.3. The number of amides is 1. The van der Waals surface area contributed by atoms with Gasteiger partial charge in [-0.15, -0.1) is 0 Å². The van der Waals surface area contributed by atoms with Crippen molar-refractivity contribution in [1.82, 2.24) is 3.97 Å². The molecule has 6 heteroatoms. The minimum Gasteiger partial charge on any atom is -0.366 e. The van der Waals surface area contributed by atoms with Crippen LogP contribution in [0.15, 0.2) is 53.6 Å². The first-order chi connectivity index (χ1) is 10.4. The molecule has 3 rings (SSSR count). The molecule has 0 fully saturated rings. The number of primary amides is 1. The van der Waals surface area contributed by atoms with Crippen molar-refractivity contribution < 1.29 is 13.2 Å². The number of nitrogens with zero attached hydrogens (tertiary/aromatic N) is 1. The van der Waals surface area contributed by atoms with Crippen LogP contribution in [0.3, 0.4) is 0 Å². The lowest BCUT2D eigenvalue weighted by atomic mass is 10.2. The molecule has 1 amide bonds. The molecule has 22 heavy (non-hydrogen) atoms. The highest BCUT2D eigenvalue weighted by Gasteiger charge is 2.22. The van der Waals surface area contributed by atoms with E-state index in [1.54, 1.807) is 30.3 Å². The van der Waals surface area contributed by atoms with Gasteiger partial charge in [0.1, 0.15) is 0 Å². The Bertz CT molecular complexity index is 970. The second kappa shape index (κ2) is 4.99. The van der Waals surface area contributed by atoms with Crippen LogP contribution in [0.1, 0.15) is 15.9 Å². The molecule has 0 saturated heterocycles. The van der Waals surface area contributed by atoms with Gasteiger partial charge in [-0.1, -0.05) is 23.8 Å². The van der Waals surface area contributed by atoms with Crippen molar-refractivity contribution in [3.63, 3.8) is 0 Å². The highest BCUT2D eigenvalue weighted by Crippen LogP contribution is 2.25. The smallest absolute Gasteiger partial charge is 0.268 e. The summed E-state index contributed by atoms with van der Waals surface area (Å²) in [6.07, 6.45) is 1.26. The molecule has 0 aliphatic carbocycles. The topological polar surface area (TPSA) is 82.2 Å². The Labute approximate surface area is 128 Å². The van der Waals surface area contributed by atoms with Crippen LogP contribution < -0.4 is 5.73 Å². The number of nitrogens with two attached hydrogens (primary N) is 1. The zero-order chi connectivity index (χ0) is 15.9. The third-order valence-electron chi connectivity index (χ3n) is 3.46. The van der Waals surface area contributed by atoms with Crippen LogP contribution in [0, 0.1) is 13.0 Å². The van der Waals surface area contributed by atoms with Crippen molar-refractivity contribution in [1.29, 1.82) is 0 Å². The van der Waals surface area contributed by atoms with Gasteiger partial charge in [-0.25, -0.2) is 12.4 Å².